The summed E-state index contributed by atoms with van der Waals surface area (Å²) in [5.41, 5.74) is 7.84. The zero-order valence-corrected chi connectivity index (χ0v) is 11.8. The molecule has 0 heterocycles. The molecule has 17 heavy (non-hydrogen) atoms. The van der Waals surface area contributed by atoms with Crippen molar-refractivity contribution in [3.05, 3.63) is 23.8 Å². The molecule has 1 unspecified atom stereocenters. The van der Waals surface area contributed by atoms with Crippen LogP contribution in [0, 0.1) is 5.92 Å². The first-order valence-corrected chi connectivity index (χ1v) is 7.41. The lowest BCUT2D eigenvalue weighted by atomic mass is 10.2. The lowest BCUT2D eigenvalue weighted by Crippen LogP contribution is -1.99. The molecular weight excluding hydrogens is 230 g/mol. The summed E-state index contributed by atoms with van der Waals surface area (Å²) in [6, 6.07) is 5.89. The van der Waals surface area contributed by atoms with Crippen molar-refractivity contribution in [1.82, 2.24) is 0 Å². The number of thioether (sulfide) groups is 1. The van der Waals surface area contributed by atoms with E-state index in [9.17, 15) is 0 Å². The highest BCUT2D eigenvalue weighted by molar-refractivity contribution is 7.98. The average Bonchev–Trinajstić information content (AvgIpc) is 2.32. The number of anilines is 1. The molecular formula is C14H23NOS. The van der Waals surface area contributed by atoms with E-state index in [2.05, 4.69) is 13.8 Å². The first-order chi connectivity index (χ1) is 8.17. The Hall–Kier alpha value is -0.830. The standard InChI is InChI=1S/C14H23NOS/c1-4-11(3)9-17-10-12-8-13(15)6-7-14(12)16-5-2/h6-8,11H,4-5,9-10,15H2,1-3H3. The largest absolute Gasteiger partial charge is 0.494 e. The van der Waals surface area contributed by atoms with E-state index in [1.807, 2.05) is 36.9 Å². The quantitative estimate of drug-likeness (QED) is 0.747. The zero-order chi connectivity index (χ0) is 12.7. The van der Waals surface area contributed by atoms with Crippen molar-refractivity contribution in [2.45, 2.75) is 32.9 Å². The van der Waals surface area contributed by atoms with Crippen LogP contribution in [0.2, 0.25) is 0 Å². The van der Waals surface area contributed by atoms with Crippen LogP contribution in [0.15, 0.2) is 18.2 Å². The third-order valence-electron chi connectivity index (χ3n) is 2.74. The van der Waals surface area contributed by atoms with Crippen LogP contribution in [0.25, 0.3) is 0 Å². The van der Waals surface area contributed by atoms with Crippen LogP contribution < -0.4 is 10.5 Å². The lowest BCUT2D eigenvalue weighted by molar-refractivity contribution is 0.337. The monoisotopic (exact) mass is 253 g/mol. The third kappa shape index (κ3) is 4.90. The molecule has 0 bridgehead atoms. The Morgan fingerprint density at radius 2 is 2.12 bits per heavy atom. The molecule has 0 spiro atoms. The molecule has 2 N–H and O–H groups in total. The highest BCUT2D eigenvalue weighted by Crippen LogP contribution is 2.27. The summed E-state index contributed by atoms with van der Waals surface area (Å²) in [4.78, 5) is 0. The van der Waals surface area contributed by atoms with Gasteiger partial charge >= 0.3 is 0 Å². The van der Waals surface area contributed by atoms with Crippen molar-refractivity contribution >= 4 is 17.4 Å². The van der Waals surface area contributed by atoms with Gasteiger partial charge in [-0.3, -0.25) is 0 Å². The van der Waals surface area contributed by atoms with Gasteiger partial charge in [0.1, 0.15) is 5.75 Å². The van der Waals surface area contributed by atoms with Crippen molar-refractivity contribution < 1.29 is 4.74 Å². The Kier molecular flexibility index (Phi) is 6.27. The maximum atomic E-state index is 5.82. The summed E-state index contributed by atoms with van der Waals surface area (Å²) in [6.45, 7) is 7.23. The maximum Gasteiger partial charge on any atom is 0.123 e. The Labute approximate surface area is 109 Å². The lowest BCUT2D eigenvalue weighted by Gasteiger charge is -2.12. The minimum atomic E-state index is 0.701. The summed E-state index contributed by atoms with van der Waals surface area (Å²) in [7, 11) is 0. The fraction of sp³-hybridized carbons (Fsp3) is 0.571. The van der Waals surface area contributed by atoms with Crippen molar-refractivity contribution in [2.24, 2.45) is 5.92 Å². The Balaban J connectivity index is 2.58. The zero-order valence-electron chi connectivity index (χ0n) is 11.0. The minimum absolute atomic E-state index is 0.701. The number of benzene rings is 1. The molecule has 0 saturated carbocycles. The van der Waals surface area contributed by atoms with Crippen molar-refractivity contribution in [1.29, 1.82) is 0 Å². The van der Waals surface area contributed by atoms with E-state index < -0.39 is 0 Å². The molecule has 0 amide bonds. The molecule has 0 aliphatic rings. The first kappa shape index (κ1) is 14.2. The van der Waals surface area contributed by atoms with Crippen LogP contribution in [-0.2, 0) is 5.75 Å². The first-order valence-electron chi connectivity index (χ1n) is 6.26. The molecule has 2 nitrogen and oxygen atoms in total. The smallest absolute Gasteiger partial charge is 0.123 e. The van der Waals surface area contributed by atoms with Gasteiger partial charge < -0.3 is 10.5 Å². The van der Waals surface area contributed by atoms with E-state index in [1.54, 1.807) is 0 Å². The molecule has 0 saturated heterocycles. The third-order valence-corrected chi connectivity index (χ3v) is 4.06. The second-order valence-electron chi connectivity index (χ2n) is 4.33. The van der Waals surface area contributed by atoms with Gasteiger partial charge in [-0.05, 0) is 36.8 Å². The maximum absolute atomic E-state index is 5.82. The highest BCUT2D eigenvalue weighted by atomic mass is 32.2. The summed E-state index contributed by atoms with van der Waals surface area (Å²) in [5, 5.41) is 0. The van der Waals surface area contributed by atoms with Gasteiger partial charge in [0.15, 0.2) is 0 Å². The molecule has 1 aromatic rings. The van der Waals surface area contributed by atoms with Gasteiger partial charge in [-0.2, -0.15) is 11.8 Å². The fourth-order valence-corrected chi connectivity index (χ4v) is 2.70. The van der Waals surface area contributed by atoms with Crippen LogP contribution in [0.3, 0.4) is 0 Å². The fourth-order valence-electron chi connectivity index (χ4n) is 1.50. The number of ether oxygens (including phenoxy) is 1. The SMILES string of the molecule is CCOc1ccc(N)cc1CSCC(C)CC. The van der Waals surface area contributed by atoms with Gasteiger partial charge in [-0.25, -0.2) is 0 Å². The van der Waals surface area contributed by atoms with Crippen LogP contribution in [0.5, 0.6) is 5.75 Å². The van der Waals surface area contributed by atoms with Crippen LogP contribution in [0.1, 0.15) is 32.8 Å². The number of hydrogen-bond donors (Lipinski definition) is 1. The molecule has 0 radical (unpaired) electrons. The van der Waals surface area contributed by atoms with Crippen LogP contribution >= 0.6 is 11.8 Å². The Morgan fingerprint density at radius 1 is 1.35 bits per heavy atom. The summed E-state index contributed by atoms with van der Waals surface area (Å²) in [5.74, 6) is 3.91. The number of hydrogen-bond acceptors (Lipinski definition) is 3. The summed E-state index contributed by atoms with van der Waals surface area (Å²) >= 11 is 1.95. The summed E-state index contributed by atoms with van der Waals surface area (Å²) in [6.07, 6.45) is 1.24. The van der Waals surface area contributed by atoms with Gasteiger partial charge in [-0.15, -0.1) is 0 Å². The van der Waals surface area contributed by atoms with Crippen LogP contribution in [-0.4, -0.2) is 12.4 Å². The average molecular weight is 253 g/mol. The van der Waals surface area contributed by atoms with E-state index in [-0.39, 0.29) is 0 Å². The van der Waals surface area contributed by atoms with E-state index in [4.69, 9.17) is 10.5 Å². The Bertz CT molecular complexity index is 341. The molecule has 3 heteroatoms. The van der Waals surface area contributed by atoms with Gasteiger partial charge in [0.05, 0.1) is 6.61 Å². The van der Waals surface area contributed by atoms with Crippen molar-refractivity contribution in [2.75, 3.05) is 18.1 Å². The molecule has 0 aliphatic carbocycles. The molecule has 1 atom stereocenters. The topological polar surface area (TPSA) is 35.2 Å². The van der Waals surface area contributed by atoms with E-state index >= 15 is 0 Å². The molecule has 0 aromatic heterocycles. The van der Waals surface area contributed by atoms with E-state index in [0.717, 1.165) is 23.1 Å². The minimum Gasteiger partial charge on any atom is -0.494 e. The van der Waals surface area contributed by atoms with Gasteiger partial charge in [0.2, 0.25) is 0 Å². The molecule has 96 valence electrons. The van der Waals surface area contributed by atoms with Crippen molar-refractivity contribution in [3.63, 3.8) is 0 Å². The highest BCUT2D eigenvalue weighted by Gasteiger charge is 2.05. The van der Waals surface area contributed by atoms with Gasteiger partial charge in [0.25, 0.3) is 0 Å². The predicted molar refractivity (Wildman–Crippen MR) is 77.6 cm³/mol. The number of nitrogen functional groups attached to an aromatic ring is 1. The second kappa shape index (κ2) is 7.49. The normalized spacial score (nSPS) is 12.4. The van der Waals surface area contributed by atoms with E-state index in [0.29, 0.717) is 6.61 Å². The predicted octanol–water partition coefficient (Wildman–Crippen LogP) is 3.95. The van der Waals surface area contributed by atoms with Crippen LogP contribution in [0.4, 0.5) is 5.69 Å². The molecule has 1 aromatic carbocycles. The second-order valence-corrected chi connectivity index (χ2v) is 5.36. The van der Waals surface area contributed by atoms with Crippen molar-refractivity contribution in [3.8, 4) is 5.75 Å². The van der Waals surface area contributed by atoms with E-state index in [1.165, 1.54) is 17.7 Å². The molecule has 0 aliphatic heterocycles. The summed E-state index contributed by atoms with van der Waals surface area (Å²) < 4.78 is 5.61. The number of nitrogens with two attached hydrogens (primary N) is 1. The molecule has 0 fully saturated rings. The Morgan fingerprint density at radius 3 is 2.76 bits per heavy atom. The van der Waals surface area contributed by atoms with Gasteiger partial charge in [-0.1, -0.05) is 20.3 Å². The van der Waals surface area contributed by atoms with Gasteiger partial charge in [0, 0.05) is 17.0 Å². The number of rotatable bonds is 7. The molecule has 1 rings (SSSR count).